The van der Waals surface area contributed by atoms with Crippen LogP contribution in [0.2, 0.25) is 0 Å². The van der Waals surface area contributed by atoms with Crippen LogP contribution in [0, 0.1) is 23.6 Å². The summed E-state index contributed by atoms with van der Waals surface area (Å²) in [5.74, 6) is -3.42. The molecule has 4 rings (SSSR count). The van der Waals surface area contributed by atoms with Crippen molar-refractivity contribution >= 4 is 39.3 Å². The van der Waals surface area contributed by atoms with Crippen LogP contribution in [0.25, 0.3) is 0 Å². The van der Waals surface area contributed by atoms with E-state index in [2.05, 4.69) is 31.7 Å². The Morgan fingerprint density at radius 1 is 1.07 bits per heavy atom. The molecule has 1 aromatic carbocycles. The molecule has 2 aliphatic rings. The largest absolute Gasteiger partial charge is 0.405 e. The van der Waals surface area contributed by atoms with E-state index in [4.69, 9.17) is 0 Å². The maximum absolute atomic E-state index is 15.2. The van der Waals surface area contributed by atoms with Crippen LogP contribution in [-0.2, 0) is 9.59 Å². The van der Waals surface area contributed by atoms with Gasteiger partial charge in [0, 0.05) is 16.7 Å². The van der Waals surface area contributed by atoms with Crippen LogP contribution in [0.3, 0.4) is 0 Å². The summed E-state index contributed by atoms with van der Waals surface area (Å²) in [6.07, 6.45) is 0.746. The molecule has 0 spiro atoms. The molecule has 2 atom stereocenters. The summed E-state index contributed by atoms with van der Waals surface area (Å²) in [6, 6.07) is 2.87. The molecule has 0 aliphatic heterocycles. The topological polar surface area (TPSA) is 105 Å². The van der Waals surface area contributed by atoms with Gasteiger partial charge in [0.2, 0.25) is 11.8 Å². The number of halogens is 5. The van der Waals surface area contributed by atoms with Gasteiger partial charge in [0.1, 0.15) is 24.1 Å². The molecule has 1 aromatic heterocycles. The first kappa shape index (κ1) is 30.0. The Labute approximate surface area is 237 Å². The summed E-state index contributed by atoms with van der Waals surface area (Å²) in [6.45, 7) is 3.62. The minimum absolute atomic E-state index is 0.0754. The third-order valence-electron chi connectivity index (χ3n) is 7.35. The van der Waals surface area contributed by atoms with Crippen molar-refractivity contribution in [2.45, 2.75) is 70.6 Å². The van der Waals surface area contributed by atoms with Crippen molar-refractivity contribution < 1.29 is 31.9 Å². The molecule has 2 aliphatic carbocycles. The second kappa shape index (κ2) is 11.9. The Hall–Kier alpha value is -2.96. The summed E-state index contributed by atoms with van der Waals surface area (Å²) < 4.78 is 54.4. The highest BCUT2D eigenvalue weighted by Gasteiger charge is 2.48. The monoisotopic (exact) mass is 629 g/mol. The van der Waals surface area contributed by atoms with Crippen molar-refractivity contribution in [1.29, 1.82) is 0 Å². The van der Waals surface area contributed by atoms with Gasteiger partial charge in [-0.25, -0.2) is 4.39 Å². The lowest BCUT2D eigenvalue weighted by atomic mass is 9.88. The van der Waals surface area contributed by atoms with Crippen molar-refractivity contribution in [2.75, 3.05) is 11.9 Å². The van der Waals surface area contributed by atoms with Gasteiger partial charge in [-0.1, -0.05) is 15.9 Å². The first-order valence-electron chi connectivity index (χ1n) is 13.3. The molecule has 8 nitrogen and oxygen atoms in total. The van der Waals surface area contributed by atoms with Gasteiger partial charge in [-0.3, -0.25) is 19.1 Å². The van der Waals surface area contributed by atoms with Crippen LogP contribution in [0.4, 0.5) is 23.2 Å². The predicted molar refractivity (Wildman–Crippen MR) is 143 cm³/mol. The molecule has 218 valence electrons. The van der Waals surface area contributed by atoms with Crippen molar-refractivity contribution in [1.82, 2.24) is 20.4 Å². The number of benzene rings is 1. The zero-order valence-electron chi connectivity index (χ0n) is 22.3. The number of carbonyl (C=O) groups excluding carboxylic acids is 3. The van der Waals surface area contributed by atoms with Gasteiger partial charge in [-0.05, 0) is 88.0 Å². The second-order valence-corrected chi connectivity index (χ2v) is 11.7. The summed E-state index contributed by atoms with van der Waals surface area (Å²) in [5, 5.41) is 11.5. The molecular weight excluding hydrogens is 598 g/mol. The lowest BCUT2D eigenvalue weighted by Crippen LogP contribution is -2.50. The maximum Gasteiger partial charge on any atom is 0.405 e. The molecule has 0 bridgehead atoms. The first-order valence-corrected chi connectivity index (χ1v) is 14.0. The molecule has 1 heterocycles. The Bertz CT molecular complexity index is 1260. The van der Waals surface area contributed by atoms with E-state index in [1.54, 1.807) is 16.1 Å². The fraction of sp³-hybridized carbons (Fsp3) is 0.556. The quantitative estimate of drug-likeness (QED) is 0.293. The zero-order valence-corrected chi connectivity index (χ0v) is 23.9. The van der Waals surface area contributed by atoms with E-state index in [-0.39, 0.29) is 39.5 Å². The van der Waals surface area contributed by atoms with Crippen LogP contribution in [0.15, 0.2) is 28.9 Å². The first-order chi connectivity index (χ1) is 18.8. The van der Waals surface area contributed by atoms with E-state index in [1.165, 1.54) is 19.2 Å². The standard InChI is InChI=1S/C27H32BrF4N5O3/c1-13(2)37-21(8-9-34-37)25(39)36-23(22(15-4-5-15)16-6-7-16)26(40)35-20-11-18(28)17(10-19(20)29)14(3)24(38)33-12-27(30,31)32/h8-11,13-16,22-23H,4-7,12H2,1-3H3,(H,33,38)(H,35,40)(H,36,39)/t14?,23-/m0/s1. The number of nitrogens with one attached hydrogen (secondary N) is 3. The van der Waals surface area contributed by atoms with Gasteiger partial charge in [0.05, 0.1) is 11.6 Å². The number of nitrogens with zero attached hydrogens (tertiary/aromatic N) is 2. The van der Waals surface area contributed by atoms with Gasteiger partial charge in [0.15, 0.2) is 0 Å². The third kappa shape index (κ3) is 7.21. The summed E-state index contributed by atoms with van der Waals surface area (Å²) in [4.78, 5) is 39.1. The van der Waals surface area contributed by atoms with Gasteiger partial charge >= 0.3 is 6.18 Å². The summed E-state index contributed by atoms with van der Waals surface area (Å²) >= 11 is 3.25. The Balaban J connectivity index is 1.54. The highest BCUT2D eigenvalue weighted by Crippen LogP contribution is 2.51. The number of rotatable bonds is 11. The van der Waals surface area contributed by atoms with Crippen LogP contribution >= 0.6 is 15.9 Å². The zero-order chi connectivity index (χ0) is 29.4. The Kier molecular flexibility index (Phi) is 8.91. The third-order valence-corrected chi connectivity index (χ3v) is 8.03. The number of anilines is 1. The molecule has 0 saturated heterocycles. The summed E-state index contributed by atoms with van der Waals surface area (Å²) in [7, 11) is 0. The average molecular weight is 630 g/mol. The lowest BCUT2D eigenvalue weighted by molar-refractivity contribution is -0.139. The SMILES string of the molecule is CC(C(=O)NCC(F)(F)F)c1cc(F)c(NC(=O)[C@@H](NC(=O)c2ccnn2C(C)C)C(C2CC2)C2CC2)cc1Br. The van der Waals surface area contributed by atoms with Gasteiger partial charge in [-0.2, -0.15) is 18.3 Å². The van der Waals surface area contributed by atoms with E-state index in [0.717, 1.165) is 31.7 Å². The van der Waals surface area contributed by atoms with Gasteiger partial charge < -0.3 is 16.0 Å². The second-order valence-electron chi connectivity index (χ2n) is 10.9. The Morgan fingerprint density at radius 2 is 1.70 bits per heavy atom. The average Bonchev–Trinajstić information content (AvgIpc) is 3.82. The van der Waals surface area contributed by atoms with E-state index >= 15 is 4.39 Å². The summed E-state index contributed by atoms with van der Waals surface area (Å²) in [5.41, 5.74) is 0.255. The maximum atomic E-state index is 15.2. The van der Waals surface area contributed by atoms with Gasteiger partial charge in [-0.15, -0.1) is 0 Å². The minimum atomic E-state index is -4.58. The fourth-order valence-corrected chi connectivity index (χ4v) is 5.72. The van der Waals surface area contributed by atoms with Crippen molar-refractivity contribution in [3.63, 3.8) is 0 Å². The number of aromatic nitrogens is 2. The molecule has 2 fully saturated rings. The number of alkyl halides is 3. The van der Waals surface area contributed by atoms with Crippen molar-refractivity contribution in [2.24, 2.45) is 17.8 Å². The minimum Gasteiger partial charge on any atom is -0.346 e. The number of hydrogen-bond donors (Lipinski definition) is 3. The lowest BCUT2D eigenvalue weighted by Gasteiger charge is -2.28. The van der Waals surface area contributed by atoms with E-state index in [0.29, 0.717) is 5.69 Å². The van der Waals surface area contributed by atoms with Crippen molar-refractivity contribution in [3.8, 4) is 0 Å². The molecule has 3 N–H and O–H groups in total. The molecule has 2 aromatic rings. The molecular formula is C27H32BrF4N5O3. The smallest absolute Gasteiger partial charge is 0.346 e. The number of hydrogen-bond acceptors (Lipinski definition) is 4. The fourth-order valence-electron chi connectivity index (χ4n) is 5.03. The predicted octanol–water partition coefficient (Wildman–Crippen LogP) is 5.32. The highest BCUT2D eigenvalue weighted by atomic mass is 79.9. The molecule has 2 saturated carbocycles. The highest BCUT2D eigenvalue weighted by molar-refractivity contribution is 9.10. The van der Waals surface area contributed by atoms with Crippen LogP contribution in [0.1, 0.15) is 74.5 Å². The van der Waals surface area contributed by atoms with Crippen LogP contribution in [0.5, 0.6) is 0 Å². The molecule has 40 heavy (non-hydrogen) atoms. The normalized spacial score (nSPS) is 17.1. The van der Waals surface area contributed by atoms with Gasteiger partial charge in [0.25, 0.3) is 5.91 Å². The Morgan fingerprint density at radius 3 is 2.25 bits per heavy atom. The van der Waals surface area contributed by atoms with Crippen molar-refractivity contribution in [3.05, 3.63) is 45.9 Å². The molecule has 13 heteroatoms. The molecule has 1 unspecified atom stereocenters. The van der Waals surface area contributed by atoms with Crippen LogP contribution in [-0.4, -0.2) is 46.3 Å². The van der Waals surface area contributed by atoms with Crippen LogP contribution < -0.4 is 16.0 Å². The van der Waals surface area contributed by atoms with E-state index < -0.39 is 48.2 Å². The molecule has 3 amide bonds. The molecule has 0 radical (unpaired) electrons. The van der Waals surface area contributed by atoms with E-state index in [9.17, 15) is 27.6 Å². The van der Waals surface area contributed by atoms with E-state index in [1.807, 2.05) is 13.8 Å². The number of carbonyl (C=O) groups is 3. The number of amides is 3.